The zero-order valence-electron chi connectivity index (χ0n) is 11.3. The SMILES string of the molecule is CC(C)CN(CC(N)=O)C(=O)Cc1cccc(O)c1. The van der Waals surface area contributed by atoms with Gasteiger partial charge in [-0.05, 0) is 23.6 Å². The maximum absolute atomic E-state index is 12.1. The van der Waals surface area contributed by atoms with E-state index in [1.807, 2.05) is 13.8 Å². The van der Waals surface area contributed by atoms with E-state index in [0.717, 1.165) is 0 Å². The third-order valence-electron chi connectivity index (χ3n) is 2.55. The second-order valence-corrected chi connectivity index (χ2v) is 4.98. The van der Waals surface area contributed by atoms with Gasteiger partial charge in [0.05, 0.1) is 13.0 Å². The molecule has 0 aliphatic rings. The number of benzene rings is 1. The minimum Gasteiger partial charge on any atom is -0.508 e. The quantitative estimate of drug-likeness (QED) is 0.801. The first-order chi connectivity index (χ1) is 8.88. The fraction of sp³-hybridized carbons (Fsp3) is 0.429. The predicted octanol–water partition coefficient (Wildman–Crippen LogP) is 0.905. The van der Waals surface area contributed by atoms with Crippen LogP contribution in [0.25, 0.3) is 0 Å². The monoisotopic (exact) mass is 264 g/mol. The molecular formula is C14H20N2O3. The third kappa shape index (κ3) is 5.42. The van der Waals surface area contributed by atoms with Gasteiger partial charge in [0.15, 0.2) is 0 Å². The molecule has 0 saturated heterocycles. The van der Waals surface area contributed by atoms with E-state index in [0.29, 0.717) is 12.1 Å². The van der Waals surface area contributed by atoms with Gasteiger partial charge in [-0.25, -0.2) is 0 Å². The molecule has 0 radical (unpaired) electrons. The molecule has 2 amide bonds. The minimum absolute atomic E-state index is 0.0736. The van der Waals surface area contributed by atoms with Gasteiger partial charge in [-0.2, -0.15) is 0 Å². The van der Waals surface area contributed by atoms with Crippen LogP contribution in [-0.2, 0) is 16.0 Å². The molecule has 0 fully saturated rings. The first-order valence-corrected chi connectivity index (χ1v) is 6.22. The maximum atomic E-state index is 12.1. The molecule has 0 heterocycles. The number of nitrogens with two attached hydrogens (primary N) is 1. The predicted molar refractivity (Wildman–Crippen MR) is 72.4 cm³/mol. The van der Waals surface area contributed by atoms with Crippen LogP contribution in [0.15, 0.2) is 24.3 Å². The number of carbonyl (C=O) groups excluding carboxylic acids is 2. The molecule has 0 aliphatic carbocycles. The van der Waals surface area contributed by atoms with E-state index >= 15 is 0 Å². The van der Waals surface area contributed by atoms with Crippen molar-refractivity contribution in [2.24, 2.45) is 11.7 Å². The molecular weight excluding hydrogens is 244 g/mol. The van der Waals surface area contributed by atoms with Gasteiger partial charge in [-0.15, -0.1) is 0 Å². The summed E-state index contributed by atoms with van der Waals surface area (Å²) in [5.41, 5.74) is 5.86. The van der Waals surface area contributed by atoms with Crippen molar-refractivity contribution >= 4 is 11.8 Å². The lowest BCUT2D eigenvalue weighted by molar-refractivity contribution is -0.135. The molecule has 1 aromatic rings. The fourth-order valence-electron chi connectivity index (χ4n) is 1.84. The number of rotatable bonds is 6. The van der Waals surface area contributed by atoms with Crippen molar-refractivity contribution in [1.82, 2.24) is 4.90 Å². The van der Waals surface area contributed by atoms with Gasteiger partial charge in [0.25, 0.3) is 0 Å². The van der Waals surface area contributed by atoms with E-state index in [4.69, 9.17) is 5.73 Å². The summed E-state index contributed by atoms with van der Waals surface area (Å²) in [5.74, 6) is -0.314. The minimum atomic E-state index is -0.523. The Kier molecular flexibility index (Phi) is 5.36. The smallest absolute Gasteiger partial charge is 0.237 e. The van der Waals surface area contributed by atoms with Crippen molar-refractivity contribution in [1.29, 1.82) is 0 Å². The highest BCUT2D eigenvalue weighted by Gasteiger charge is 2.17. The van der Waals surface area contributed by atoms with Gasteiger partial charge in [0.2, 0.25) is 11.8 Å². The summed E-state index contributed by atoms with van der Waals surface area (Å²) in [6, 6.07) is 6.52. The molecule has 1 rings (SSSR count). The average Bonchev–Trinajstić information content (AvgIpc) is 2.26. The molecule has 0 unspecified atom stereocenters. The highest BCUT2D eigenvalue weighted by atomic mass is 16.3. The Bertz CT molecular complexity index is 458. The van der Waals surface area contributed by atoms with Crippen molar-refractivity contribution < 1.29 is 14.7 Å². The number of amides is 2. The van der Waals surface area contributed by atoms with Crippen LogP contribution in [0.2, 0.25) is 0 Å². The van der Waals surface area contributed by atoms with E-state index in [-0.39, 0.29) is 30.5 Å². The van der Waals surface area contributed by atoms with Crippen molar-refractivity contribution in [2.45, 2.75) is 20.3 Å². The lowest BCUT2D eigenvalue weighted by Gasteiger charge is -2.23. The van der Waals surface area contributed by atoms with Gasteiger partial charge in [-0.3, -0.25) is 9.59 Å². The molecule has 0 bridgehead atoms. The number of hydrogen-bond donors (Lipinski definition) is 2. The van der Waals surface area contributed by atoms with E-state index in [9.17, 15) is 14.7 Å². The van der Waals surface area contributed by atoms with Crippen molar-refractivity contribution in [3.8, 4) is 5.75 Å². The average molecular weight is 264 g/mol. The van der Waals surface area contributed by atoms with Gasteiger partial charge >= 0.3 is 0 Å². The Labute approximate surface area is 113 Å². The molecule has 0 atom stereocenters. The van der Waals surface area contributed by atoms with Crippen LogP contribution < -0.4 is 5.73 Å². The second kappa shape index (κ2) is 6.78. The fourth-order valence-corrected chi connectivity index (χ4v) is 1.84. The van der Waals surface area contributed by atoms with E-state index in [1.165, 1.54) is 11.0 Å². The van der Waals surface area contributed by atoms with Crippen LogP contribution in [-0.4, -0.2) is 34.9 Å². The number of nitrogens with zero attached hydrogens (tertiary/aromatic N) is 1. The Morgan fingerprint density at radius 3 is 2.58 bits per heavy atom. The molecule has 5 heteroatoms. The van der Waals surface area contributed by atoms with Gasteiger partial charge in [-0.1, -0.05) is 26.0 Å². The number of hydrogen-bond acceptors (Lipinski definition) is 3. The first kappa shape index (κ1) is 15.0. The lowest BCUT2D eigenvalue weighted by atomic mass is 10.1. The molecule has 0 aromatic heterocycles. The van der Waals surface area contributed by atoms with Crippen LogP contribution in [0.1, 0.15) is 19.4 Å². The van der Waals surface area contributed by atoms with Crippen LogP contribution in [0.4, 0.5) is 0 Å². The molecule has 5 nitrogen and oxygen atoms in total. The summed E-state index contributed by atoms with van der Waals surface area (Å²) in [6.07, 6.45) is 0.147. The largest absolute Gasteiger partial charge is 0.508 e. The van der Waals surface area contributed by atoms with Crippen LogP contribution in [0.3, 0.4) is 0 Å². The number of phenols is 1. The molecule has 3 N–H and O–H groups in total. The molecule has 1 aromatic carbocycles. The van der Waals surface area contributed by atoms with E-state index in [1.54, 1.807) is 18.2 Å². The molecule has 19 heavy (non-hydrogen) atoms. The second-order valence-electron chi connectivity index (χ2n) is 4.98. The zero-order chi connectivity index (χ0) is 14.4. The number of phenolic OH excluding ortho intramolecular Hbond substituents is 1. The van der Waals surface area contributed by atoms with Gasteiger partial charge < -0.3 is 15.7 Å². The van der Waals surface area contributed by atoms with Gasteiger partial charge in [0.1, 0.15) is 5.75 Å². The summed E-state index contributed by atoms with van der Waals surface area (Å²) < 4.78 is 0. The van der Waals surface area contributed by atoms with Crippen molar-refractivity contribution in [3.05, 3.63) is 29.8 Å². The maximum Gasteiger partial charge on any atom is 0.237 e. The molecule has 0 spiro atoms. The summed E-state index contributed by atoms with van der Waals surface area (Å²) in [6.45, 7) is 4.35. The Morgan fingerprint density at radius 2 is 2.05 bits per heavy atom. The number of primary amides is 1. The highest BCUT2D eigenvalue weighted by Crippen LogP contribution is 2.12. The normalized spacial score (nSPS) is 10.5. The van der Waals surface area contributed by atoms with Crippen LogP contribution >= 0.6 is 0 Å². The van der Waals surface area contributed by atoms with E-state index < -0.39 is 5.91 Å². The summed E-state index contributed by atoms with van der Waals surface area (Å²) in [4.78, 5) is 24.6. The van der Waals surface area contributed by atoms with Crippen molar-refractivity contribution in [3.63, 3.8) is 0 Å². The Morgan fingerprint density at radius 1 is 1.37 bits per heavy atom. The third-order valence-corrected chi connectivity index (χ3v) is 2.55. The molecule has 0 saturated carbocycles. The van der Waals surface area contributed by atoms with Gasteiger partial charge in [0, 0.05) is 6.54 Å². The Balaban J connectivity index is 2.73. The standard InChI is InChI=1S/C14H20N2O3/c1-10(2)8-16(9-13(15)18)14(19)7-11-4-3-5-12(17)6-11/h3-6,10,17H,7-9H2,1-2H3,(H2,15,18). The summed E-state index contributed by atoms with van der Waals surface area (Å²) >= 11 is 0. The topological polar surface area (TPSA) is 83.6 Å². The highest BCUT2D eigenvalue weighted by molar-refractivity contribution is 5.85. The Hall–Kier alpha value is -2.04. The number of aromatic hydroxyl groups is 1. The van der Waals surface area contributed by atoms with Crippen molar-refractivity contribution in [2.75, 3.05) is 13.1 Å². The summed E-state index contributed by atoms with van der Waals surface area (Å²) in [5, 5.41) is 9.36. The lowest BCUT2D eigenvalue weighted by Crippen LogP contribution is -2.41. The molecule has 0 aliphatic heterocycles. The molecule has 104 valence electrons. The first-order valence-electron chi connectivity index (χ1n) is 6.22. The van der Waals surface area contributed by atoms with Crippen LogP contribution in [0.5, 0.6) is 5.75 Å². The zero-order valence-corrected chi connectivity index (χ0v) is 11.3. The summed E-state index contributed by atoms with van der Waals surface area (Å²) in [7, 11) is 0. The van der Waals surface area contributed by atoms with E-state index in [2.05, 4.69) is 0 Å². The number of carbonyl (C=O) groups is 2. The van der Waals surface area contributed by atoms with Crippen LogP contribution in [0, 0.1) is 5.92 Å².